The van der Waals surface area contributed by atoms with E-state index in [9.17, 15) is 4.79 Å². The monoisotopic (exact) mass is 329 g/mol. The van der Waals surface area contributed by atoms with Crippen LogP contribution in [0, 0.1) is 13.8 Å². The first-order valence-corrected chi connectivity index (χ1v) is 8.14. The Labute approximate surface area is 141 Å². The topological polar surface area (TPSA) is 74.5 Å². The molecule has 0 aliphatic carbocycles. The predicted molar refractivity (Wildman–Crippen MR) is 91.1 cm³/mol. The fourth-order valence-electron chi connectivity index (χ4n) is 2.82. The van der Waals surface area contributed by atoms with Crippen LogP contribution in [0.4, 0.5) is 5.82 Å². The van der Waals surface area contributed by atoms with Crippen molar-refractivity contribution in [1.82, 2.24) is 20.4 Å². The summed E-state index contributed by atoms with van der Waals surface area (Å²) in [6.07, 6.45) is 1.82. The van der Waals surface area contributed by atoms with E-state index in [0.29, 0.717) is 23.6 Å². The van der Waals surface area contributed by atoms with Gasteiger partial charge in [-0.15, -0.1) is 0 Å². The summed E-state index contributed by atoms with van der Waals surface area (Å²) in [5.41, 5.74) is 2.08. The summed E-state index contributed by atoms with van der Waals surface area (Å²) in [5.74, 6) is 1.35. The molecule has 0 radical (unpaired) electrons. The number of hydrogen-bond donors (Lipinski definition) is 1. The number of rotatable bonds is 4. The minimum atomic E-state index is -0.172. The summed E-state index contributed by atoms with van der Waals surface area (Å²) < 4.78 is 5.03. The van der Waals surface area contributed by atoms with Crippen molar-refractivity contribution in [2.75, 3.05) is 38.1 Å². The van der Waals surface area contributed by atoms with Crippen LogP contribution >= 0.6 is 0 Å². The average molecular weight is 329 g/mol. The molecule has 1 aliphatic heterocycles. The first-order valence-electron chi connectivity index (χ1n) is 8.14. The van der Waals surface area contributed by atoms with Crippen molar-refractivity contribution in [3.05, 3.63) is 40.9 Å². The van der Waals surface area contributed by atoms with Crippen LogP contribution in [0.1, 0.15) is 27.4 Å². The molecule has 24 heavy (non-hydrogen) atoms. The number of nitrogens with zero attached hydrogens (tertiary/aromatic N) is 4. The summed E-state index contributed by atoms with van der Waals surface area (Å²) in [7, 11) is 2.13. The standard InChI is InChI=1S/C17H23N5O2/c1-12-16(13(2)24-20-12)17(23)19-11-14-4-5-15(18-10-14)22-8-6-21(3)7-9-22/h4-5,10H,6-9,11H2,1-3H3,(H,19,23). The third kappa shape index (κ3) is 3.56. The number of aryl methyl sites for hydroxylation is 2. The molecule has 1 saturated heterocycles. The number of carbonyl (C=O) groups excluding carboxylic acids is 1. The van der Waals surface area contributed by atoms with Gasteiger partial charge in [0, 0.05) is 38.9 Å². The van der Waals surface area contributed by atoms with Gasteiger partial charge in [-0.25, -0.2) is 4.98 Å². The molecule has 7 nitrogen and oxygen atoms in total. The normalized spacial score (nSPS) is 15.5. The molecule has 0 spiro atoms. The van der Waals surface area contributed by atoms with Crippen LogP contribution in [0.2, 0.25) is 0 Å². The summed E-state index contributed by atoms with van der Waals surface area (Å²) in [6, 6.07) is 4.02. The zero-order chi connectivity index (χ0) is 17.1. The average Bonchev–Trinajstić information content (AvgIpc) is 2.93. The SMILES string of the molecule is Cc1noc(C)c1C(=O)NCc1ccc(N2CCN(C)CC2)nc1. The van der Waals surface area contributed by atoms with Crippen LogP contribution in [0.15, 0.2) is 22.9 Å². The highest BCUT2D eigenvalue weighted by atomic mass is 16.5. The number of pyridine rings is 1. The van der Waals surface area contributed by atoms with Crippen molar-refractivity contribution >= 4 is 11.7 Å². The Bertz CT molecular complexity index is 683. The zero-order valence-electron chi connectivity index (χ0n) is 14.4. The minimum absolute atomic E-state index is 0.172. The molecular formula is C17H23N5O2. The lowest BCUT2D eigenvalue weighted by Gasteiger charge is -2.33. The molecule has 0 bridgehead atoms. The summed E-state index contributed by atoms with van der Waals surface area (Å²) in [5, 5.41) is 6.69. The van der Waals surface area contributed by atoms with E-state index in [0.717, 1.165) is 37.6 Å². The van der Waals surface area contributed by atoms with Gasteiger partial charge in [0.1, 0.15) is 17.1 Å². The first-order chi connectivity index (χ1) is 11.5. The van der Waals surface area contributed by atoms with E-state index in [2.05, 4.69) is 32.3 Å². The van der Waals surface area contributed by atoms with Crippen molar-refractivity contribution in [1.29, 1.82) is 0 Å². The smallest absolute Gasteiger partial charge is 0.257 e. The van der Waals surface area contributed by atoms with Crippen molar-refractivity contribution < 1.29 is 9.32 Å². The number of aromatic nitrogens is 2. The van der Waals surface area contributed by atoms with Gasteiger partial charge in [0.25, 0.3) is 5.91 Å². The molecule has 3 heterocycles. The van der Waals surface area contributed by atoms with Crippen molar-refractivity contribution in [3.63, 3.8) is 0 Å². The van der Waals surface area contributed by atoms with Gasteiger partial charge in [-0.2, -0.15) is 0 Å². The van der Waals surface area contributed by atoms with Gasteiger partial charge in [-0.1, -0.05) is 11.2 Å². The summed E-state index contributed by atoms with van der Waals surface area (Å²) in [4.78, 5) is 21.3. The molecule has 3 rings (SSSR count). The molecule has 0 atom stereocenters. The van der Waals surface area contributed by atoms with E-state index in [1.165, 1.54) is 0 Å². The molecule has 0 unspecified atom stereocenters. The number of anilines is 1. The zero-order valence-corrected chi connectivity index (χ0v) is 14.4. The van der Waals surface area contributed by atoms with Gasteiger partial charge in [0.15, 0.2) is 0 Å². The lowest BCUT2D eigenvalue weighted by Crippen LogP contribution is -2.44. The first kappa shape index (κ1) is 16.4. The van der Waals surface area contributed by atoms with Crippen molar-refractivity contribution in [2.45, 2.75) is 20.4 Å². The molecule has 0 aromatic carbocycles. The van der Waals surface area contributed by atoms with Crippen LogP contribution in [0.5, 0.6) is 0 Å². The summed E-state index contributed by atoms with van der Waals surface area (Å²) in [6.45, 7) is 8.02. The highest BCUT2D eigenvalue weighted by Crippen LogP contribution is 2.14. The second-order valence-corrected chi connectivity index (χ2v) is 6.20. The number of likely N-dealkylation sites (N-methyl/N-ethyl adjacent to an activating group) is 1. The molecule has 0 saturated carbocycles. The highest BCUT2D eigenvalue weighted by molar-refractivity contribution is 5.96. The van der Waals surface area contributed by atoms with Crippen molar-refractivity contribution in [3.8, 4) is 0 Å². The van der Waals surface area contributed by atoms with Gasteiger partial charge in [0.2, 0.25) is 0 Å². The largest absolute Gasteiger partial charge is 0.361 e. The van der Waals surface area contributed by atoms with Crippen LogP contribution in [-0.2, 0) is 6.54 Å². The van der Waals surface area contributed by atoms with E-state index in [4.69, 9.17) is 4.52 Å². The van der Waals surface area contributed by atoms with E-state index < -0.39 is 0 Å². The minimum Gasteiger partial charge on any atom is -0.361 e. The van der Waals surface area contributed by atoms with Crippen LogP contribution in [0.25, 0.3) is 0 Å². The predicted octanol–water partition coefficient (Wildman–Crippen LogP) is 1.37. The maximum Gasteiger partial charge on any atom is 0.257 e. The lowest BCUT2D eigenvalue weighted by molar-refractivity contribution is 0.0949. The van der Waals surface area contributed by atoms with Gasteiger partial charge < -0.3 is 19.6 Å². The molecule has 2 aromatic heterocycles. The third-order valence-electron chi connectivity index (χ3n) is 4.35. The number of nitrogens with one attached hydrogen (secondary N) is 1. The second kappa shape index (κ2) is 7.00. The molecule has 1 aliphatic rings. The van der Waals surface area contributed by atoms with E-state index >= 15 is 0 Å². The van der Waals surface area contributed by atoms with Crippen LogP contribution in [0.3, 0.4) is 0 Å². The number of carbonyl (C=O) groups is 1. The Hall–Kier alpha value is -2.41. The Kier molecular flexibility index (Phi) is 4.80. The fraction of sp³-hybridized carbons (Fsp3) is 0.471. The Balaban J connectivity index is 1.57. The van der Waals surface area contributed by atoms with E-state index in [1.54, 1.807) is 13.8 Å². The van der Waals surface area contributed by atoms with E-state index in [1.807, 2.05) is 18.3 Å². The number of piperazine rings is 1. The molecule has 1 N–H and O–H groups in total. The Morgan fingerprint density at radius 3 is 2.58 bits per heavy atom. The highest BCUT2D eigenvalue weighted by Gasteiger charge is 2.17. The van der Waals surface area contributed by atoms with E-state index in [-0.39, 0.29) is 5.91 Å². The molecule has 1 amide bonds. The van der Waals surface area contributed by atoms with Crippen LogP contribution in [-0.4, -0.2) is 54.2 Å². The third-order valence-corrected chi connectivity index (χ3v) is 4.35. The summed E-state index contributed by atoms with van der Waals surface area (Å²) >= 11 is 0. The maximum atomic E-state index is 12.2. The van der Waals surface area contributed by atoms with Gasteiger partial charge in [-0.05, 0) is 32.5 Å². The lowest BCUT2D eigenvalue weighted by atomic mass is 10.2. The van der Waals surface area contributed by atoms with Crippen LogP contribution < -0.4 is 10.2 Å². The van der Waals surface area contributed by atoms with Crippen molar-refractivity contribution in [2.24, 2.45) is 0 Å². The molecule has 1 fully saturated rings. The molecule has 2 aromatic rings. The Morgan fingerprint density at radius 1 is 1.25 bits per heavy atom. The number of amides is 1. The molecule has 7 heteroatoms. The Morgan fingerprint density at radius 2 is 2.00 bits per heavy atom. The fourth-order valence-corrected chi connectivity index (χ4v) is 2.82. The quantitative estimate of drug-likeness (QED) is 0.913. The maximum absolute atomic E-state index is 12.2. The van der Waals surface area contributed by atoms with Gasteiger partial charge >= 0.3 is 0 Å². The van der Waals surface area contributed by atoms with Gasteiger partial charge in [-0.3, -0.25) is 4.79 Å². The second-order valence-electron chi connectivity index (χ2n) is 6.20. The molecule has 128 valence electrons. The number of hydrogen-bond acceptors (Lipinski definition) is 6. The molecular weight excluding hydrogens is 306 g/mol. The van der Waals surface area contributed by atoms with Gasteiger partial charge in [0.05, 0.1) is 5.69 Å².